The van der Waals surface area contributed by atoms with E-state index in [0.29, 0.717) is 5.56 Å². The third kappa shape index (κ3) is 1.85. The lowest BCUT2D eigenvalue weighted by Crippen LogP contribution is -2.13. The number of hydrogen-bond donors (Lipinski definition) is 1. The van der Waals surface area contributed by atoms with Gasteiger partial charge in [-0.3, -0.25) is 4.79 Å². The Balaban J connectivity index is 2.96. The summed E-state index contributed by atoms with van der Waals surface area (Å²) in [6.45, 7) is -0.0799. The van der Waals surface area contributed by atoms with Crippen LogP contribution in [0.1, 0.15) is 10.4 Å². The van der Waals surface area contributed by atoms with Gasteiger partial charge in [0.25, 0.3) is 0 Å². The molecule has 0 saturated heterocycles. The summed E-state index contributed by atoms with van der Waals surface area (Å²) in [5.41, 5.74) is 5.41. The van der Waals surface area contributed by atoms with Crippen LogP contribution in [-0.4, -0.2) is 12.3 Å². The molecule has 0 aliphatic rings. The van der Waals surface area contributed by atoms with Crippen LogP contribution in [0.15, 0.2) is 24.3 Å². The molecule has 11 heavy (non-hydrogen) atoms. The highest BCUT2D eigenvalue weighted by atomic mass is 19.1. The first-order chi connectivity index (χ1) is 5.24. The lowest BCUT2D eigenvalue weighted by molar-refractivity contribution is 0.100. The molecule has 0 atom stereocenters. The highest BCUT2D eigenvalue weighted by Crippen LogP contribution is 2.03. The largest absolute Gasteiger partial charge is 0.324 e. The summed E-state index contributed by atoms with van der Waals surface area (Å²) >= 11 is 0. The Labute approximate surface area is 63.8 Å². The molecule has 0 spiro atoms. The van der Waals surface area contributed by atoms with Crippen LogP contribution in [0.5, 0.6) is 0 Å². The summed E-state index contributed by atoms with van der Waals surface area (Å²) in [6.07, 6.45) is 0. The summed E-state index contributed by atoms with van der Waals surface area (Å²) in [4.78, 5) is 10.9. The molecule has 0 aliphatic heterocycles. The molecule has 2 N–H and O–H groups in total. The van der Waals surface area contributed by atoms with Crippen molar-refractivity contribution < 1.29 is 9.18 Å². The number of carbonyl (C=O) groups excluding carboxylic acids is 1. The third-order valence-electron chi connectivity index (χ3n) is 1.33. The molecule has 58 valence electrons. The van der Waals surface area contributed by atoms with Crippen LogP contribution in [0, 0.1) is 5.82 Å². The summed E-state index contributed by atoms with van der Waals surface area (Å²) in [5.74, 6) is -0.659. The monoisotopic (exact) mass is 153 g/mol. The van der Waals surface area contributed by atoms with Crippen LogP contribution < -0.4 is 5.73 Å². The van der Waals surface area contributed by atoms with Crippen molar-refractivity contribution in [2.45, 2.75) is 0 Å². The number of ketones is 1. The molecule has 0 radical (unpaired) electrons. The minimum absolute atomic E-state index is 0.0799. The molecule has 1 aromatic rings. The van der Waals surface area contributed by atoms with Gasteiger partial charge in [-0.25, -0.2) is 4.39 Å². The zero-order chi connectivity index (χ0) is 8.27. The summed E-state index contributed by atoms with van der Waals surface area (Å²) in [7, 11) is 0. The van der Waals surface area contributed by atoms with E-state index < -0.39 is 5.82 Å². The smallest absolute Gasteiger partial charge is 0.176 e. The second-order valence-electron chi connectivity index (χ2n) is 2.14. The Morgan fingerprint density at radius 2 is 2.27 bits per heavy atom. The van der Waals surface area contributed by atoms with Crippen LogP contribution >= 0.6 is 0 Å². The Hall–Kier alpha value is -1.22. The van der Waals surface area contributed by atoms with E-state index in [2.05, 4.69) is 0 Å². The van der Waals surface area contributed by atoms with Gasteiger partial charge in [-0.2, -0.15) is 0 Å². The van der Waals surface area contributed by atoms with Crippen molar-refractivity contribution in [2.24, 2.45) is 5.73 Å². The fourth-order valence-corrected chi connectivity index (χ4v) is 0.780. The van der Waals surface area contributed by atoms with Crippen molar-refractivity contribution in [3.05, 3.63) is 35.6 Å². The number of halogens is 1. The first-order valence-electron chi connectivity index (χ1n) is 3.23. The molecule has 3 heteroatoms. The number of Topliss-reactive ketones (excluding diaryl/α,β-unsaturated/α-hetero) is 1. The maximum Gasteiger partial charge on any atom is 0.176 e. The van der Waals surface area contributed by atoms with Crippen LogP contribution in [-0.2, 0) is 0 Å². The highest BCUT2D eigenvalue weighted by molar-refractivity contribution is 5.97. The minimum Gasteiger partial charge on any atom is -0.324 e. The van der Waals surface area contributed by atoms with Gasteiger partial charge < -0.3 is 5.73 Å². The molecule has 0 fully saturated rings. The summed E-state index contributed by atoms with van der Waals surface area (Å²) in [5, 5.41) is 0. The standard InChI is InChI=1S/C8H8FNO/c9-7-3-1-2-6(4-7)8(11)5-10/h1-4H,5,10H2. The number of nitrogens with two attached hydrogens (primary N) is 1. The van der Waals surface area contributed by atoms with Crippen molar-refractivity contribution in [3.8, 4) is 0 Å². The van der Waals surface area contributed by atoms with E-state index in [1.807, 2.05) is 0 Å². The van der Waals surface area contributed by atoms with E-state index in [0.717, 1.165) is 0 Å². The molecule has 0 aliphatic carbocycles. The quantitative estimate of drug-likeness (QED) is 0.643. The van der Waals surface area contributed by atoms with Gasteiger partial charge in [-0.1, -0.05) is 12.1 Å². The first kappa shape index (κ1) is 7.88. The second-order valence-corrected chi connectivity index (χ2v) is 2.14. The average Bonchev–Trinajstić information content (AvgIpc) is 2.03. The molecular weight excluding hydrogens is 145 g/mol. The lowest BCUT2D eigenvalue weighted by Gasteiger charge is -1.95. The third-order valence-corrected chi connectivity index (χ3v) is 1.33. The fourth-order valence-electron chi connectivity index (χ4n) is 0.780. The Kier molecular flexibility index (Phi) is 2.33. The van der Waals surface area contributed by atoms with Gasteiger partial charge in [0.1, 0.15) is 5.82 Å². The van der Waals surface area contributed by atoms with E-state index in [-0.39, 0.29) is 12.3 Å². The van der Waals surface area contributed by atoms with E-state index >= 15 is 0 Å². The molecule has 0 saturated carbocycles. The van der Waals surface area contributed by atoms with Crippen molar-refractivity contribution in [3.63, 3.8) is 0 Å². The van der Waals surface area contributed by atoms with Crippen molar-refractivity contribution in [1.82, 2.24) is 0 Å². The molecule has 0 bridgehead atoms. The highest BCUT2D eigenvalue weighted by Gasteiger charge is 2.02. The number of carbonyl (C=O) groups is 1. The van der Waals surface area contributed by atoms with Gasteiger partial charge in [-0.15, -0.1) is 0 Å². The zero-order valence-corrected chi connectivity index (χ0v) is 5.88. The predicted octanol–water partition coefficient (Wildman–Crippen LogP) is 0.967. The second kappa shape index (κ2) is 3.25. The number of rotatable bonds is 2. The molecule has 2 nitrogen and oxygen atoms in total. The predicted molar refractivity (Wildman–Crippen MR) is 39.8 cm³/mol. The average molecular weight is 153 g/mol. The lowest BCUT2D eigenvalue weighted by atomic mass is 10.1. The fraction of sp³-hybridized carbons (Fsp3) is 0.125. The molecule has 0 amide bonds. The summed E-state index contributed by atoms with van der Waals surface area (Å²) in [6, 6.07) is 5.49. The van der Waals surface area contributed by atoms with E-state index in [4.69, 9.17) is 5.73 Å². The Bertz CT molecular complexity index is 273. The van der Waals surface area contributed by atoms with Crippen molar-refractivity contribution >= 4 is 5.78 Å². The molecule has 1 rings (SSSR count). The normalized spacial score (nSPS) is 9.64. The van der Waals surface area contributed by atoms with Crippen LogP contribution in [0.4, 0.5) is 4.39 Å². The topological polar surface area (TPSA) is 43.1 Å². The van der Waals surface area contributed by atoms with Crippen LogP contribution in [0.25, 0.3) is 0 Å². The molecule has 1 aromatic carbocycles. The van der Waals surface area contributed by atoms with Gasteiger partial charge in [0.15, 0.2) is 5.78 Å². The van der Waals surface area contributed by atoms with Crippen molar-refractivity contribution in [2.75, 3.05) is 6.54 Å². The molecular formula is C8H8FNO. The van der Waals surface area contributed by atoms with E-state index in [1.165, 1.54) is 24.3 Å². The molecule has 0 aromatic heterocycles. The summed E-state index contributed by atoms with van der Waals surface area (Å²) < 4.78 is 12.5. The molecule has 0 heterocycles. The number of benzene rings is 1. The van der Waals surface area contributed by atoms with Crippen LogP contribution in [0.3, 0.4) is 0 Å². The molecule has 0 unspecified atom stereocenters. The van der Waals surface area contributed by atoms with Gasteiger partial charge in [0.05, 0.1) is 6.54 Å². The maximum atomic E-state index is 12.5. The van der Waals surface area contributed by atoms with Gasteiger partial charge >= 0.3 is 0 Å². The van der Waals surface area contributed by atoms with Gasteiger partial charge in [0.2, 0.25) is 0 Å². The van der Waals surface area contributed by atoms with Gasteiger partial charge in [0, 0.05) is 5.56 Å². The van der Waals surface area contributed by atoms with E-state index in [9.17, 15) is 9.18 Å². The van der Waals surface area contributed by atoms with Gasteiger partial charge in [-0.05, 0) is 12.1 Å². The minimum atomic E-state index is -0.413. The maximum absolute atomic E-state index is 12.5. The Morgan fingerprint density at radius 3 is 2.82 bits per heavy atom. The van der Waals surface area contributed by atoms with Crippen LogP contribution in [0.2, 0.25) is 0 Å². The Morgan fingerprint density at radius 1 is 1.55 bits per heavy atom. The SMILES string of the molecule is NCC(=O)c1cccc(F)c1. The zero-order valence-electron chi connectivity index (χ0n) is 5.88. The first-order valence-corrected chi connectivity index (χ1v) is 3.23. The van der Waals surface area contributed by atoms with E-state index in [1.54, 1.807) is 0 Å². The van der Waals surface area contributed by atoms with Crippen molar-refractivity contribution in [1.29, 1.82) is 0 Å². The number of hydrogen-bond acceptors (Lipinski definition) is 2.